The first-order chi connectivity index (χ1) is 9.16. The Morgan fingerprint density at radius 2 is 2.00 bits per heavy atom. The molecule has 0 aliphatic carbocycles. The average Bonchev–Trinajstić information content (AvgIpc) is 2.46. The van der Waals surface area contributed by atoms with E-state index in [1.54, 1.807) is 0 Å². The van der Waals surface area contributed by atoms with Crippen LogP contribution >= 0.6 is 15.9 Å². The van der Waals surface area contributed by atoms with Gasteiger partial charge in [-0.2, -0.15) is 0 Å². The molecule has 1 saturated heterocycles. The summed E-state index contributed by atoms with van der Waals surface area (Å²) in [5, 5.41) is 2.90. The van der Waals surface area contributed by atoms with Crippen LogP contribution < -0.4 is 11.1 Å². The van der Waals surface area contributed by atoms with Crippen LogP contribution in [0.1, 0.15) is 18.4 Å². The summed E-state index contributed by atoms with van der Waals surface area (Å²) < 4.78 is 6.31. The van der Waals surface area contributed by atoms with Crippen LogP contribution in [0.4, 0.5) is 0 Å². The van der Waals surface area contributed by atoms with Crippen molar-refractivity contribution >= 4 is 21.8 Å². The number of amides is 1. The molecule has 0 radical (unpaired) electrons. The van der Waals surface area contributed by atoms with Crippen LogP contribution in [0, 0.1) is 5.92 Å². The molecule has 1 aromatic rings. The minimum atomic E-state index is -0.431. The number of hydrogen-bond donors (Lipinski definition) is 2. The van der Waals surface area contributed by atoms with E-state index in [1.807, 2.05) is 24.3 Å². The predicted octanol–water partition coefficient (Wildman–Crippen LogP) is 1.82. The molecule has 0 saturated carbocycles. The fraction of sp³-hybridized carbons (Fsp3) is 0.500. The summed E-state index contributed by atoms with van der Waals surface area (Å²) in [6.07, 6.45) is 1.74. The Balaban J connectivity index is 1.81. The van der Waals surface area contributed by atoms with E-state index >= 15 is 0 Å². The van der Waals surface area contributed by atoms with E-state index in [4.69, 9.17) is 10.5 Å². The van der Waals surface area contributed by atoms with Crippen molar-refractivity contribution in [3.8, 4) is 0 Å². The van der Waals surface area contributed by atoms with Gasteiger partial charge in [-0.25, -0.2) is 0 Å². The molecule has 1 aliphatic heterocycles. The Labute approximate surface area is 121 Å². The zero-order valence-electron chi connectivity index (χ0n) is 10.8. The molecule has 1 unspecified atom stereocenters. The van der Waals surface area contributed by atoms with Gasteiger partial charge in [0, 0.05) is 24.2 Å². The van der Waals surface area contributed by atoms with Crippen LogP contribution in [0.3, 0.4) is 0 Å². The monoisotopic (exact) mass is 326 g/mol. The molecule has 1 aliphatic rings. The Bertz CT molecular complexity index is 416. The largest absolute Gasteiger partial charge is 0.381 e. The summed E-state index contributed by atoms with van der Waals surface area (Å²) >= 11 is 3.38. The van der Waals surface area contributed by atoms with Gasteiger partial charge in [-0.15, -0.1) is 0 Å². The SMILES string of the molecule is NC(C(=O)NCc1ccc(Br)cc1)C1CCOCC1. The smallest absolute Gasteiger partial charge is 0.237 e. The number of nitrogens with two attached hydrogens (primary N) is 1. The third-order valence-corrected chi connectivity index (χ3v) is 3.99. The molecule has 1 amide bonds. The molecule has 1 atom stereocenters. The van der Waals surface area contributed by atoms with Crippen molar-refractivity contribution in [2.45, 2.75) is 25.4 Å². The van der Waals surface area contributed by atoms with Crippen LogP contribution in [0.2, 0.25) is 0 Å². The molecule has 0 aromatic heterocycles. The second-order valence-corrected chi connectivity index (χ2v) is 5.74. The highest BCUT2D eigenvalue weighted by Crippen LogP contribution is 2.17. The summed E-state index contributed by atoms with van der Waals surface area (Å²) in [4.78, 5) is 12.0. The van der Waals surface area contributed by atoms with Crippen molar-refractivity contribution < 1.29 is 9.53 Å². The normalized spacial score (nSPS) is 18.0. The van der Waals surface area contributed by atoms with Crippen molar-refractivity contribution in [3.05, 3.63) is 34.3 Å². The lowest BCUT2D eigenvalue weighted by atomic mass is 9.92. The third kappa shape index (κ3) is 4.30. The molecule has 1 heterocycles. The number of nitrogens with one attached hydrogen (secondary N) is 1. The van der Waals surface area contributed by atoms with Crippen molar-refractivity contribution in [2.75, 3.05) is 13.2 Å². The van der Waals surface area contributed by atoms with E-state index in [1.165, 1.54) is 0 Å². The minimum absolute atomic E-state index is 0.0742. The molecule has 5 heteroatoms. The van der Waals surface area contributed by atoms with E-state index in [2.05, 4.69) is 21.2 Å². The maximum Gasteiger partial charge on any atom is 0.237 e. The van der Waals surface area contributed by atoms with Crippen LogP contribution in [-0.4, -0.2) is 25.2 Å². The maximum atomic E-state index is 12.0. The number of carbonyl (C=O) groups excluding carboxylic acids is 1. The molecule has 1 fully saturated rings. The zero-order chi connectivity index (χ0) is 13.7. The lowest BCUT2D eigenvalue weighted by Crippen LogP contribution is -2.46. The first-order valence-corrected chi connectivity index (χ1v) is 7.31. The summed E-state index contributed by atoms with van der Waals surface area (Å²) in [5.41, 5.74) is 7.07. The molecule has 3 N–H and O–H groups in total. The maximum absolute atomic E-state index is 12.0. The molecule has 104 valence electrons. The predicted molar refractivity (Wildman–Crippen MR) is 77.5 cm³/mol. The van der Waals surface area contributed by atoms with Crippen LogP contribution in [-0.2, 0) is 16.1 Å². The van der Waals surface area contributed by atoms with Gasteiger partial charge in [0.2, 0.25) is 5.91 Å². The zero-order valence-corrected chi connectivity index (χ0v) is 12.4. The number of rotatable bonds is 4. The quantitative estimate of drug-likeness (QED) is 0.887. The highest BCUT2D eigenvalue weighted by Gasteiger charge is 2.26. The topological polar surface area (TPSA) is 64.4 Å². The molecule has 4 nitrogen and oxygen atoms in total. The van der Waals surface area contributed by atoms with Crippen molar-refractivity contribution in [1.82, 2.24) is 5.32 Å². The second-order valence-electron chi connectivity index (χ2n) is 4.82. The number of ether oxygens (including phenoxy) is 1. The fourth-order valence-corrected chi connectivity index (χ4v) is 2.46. The van der Waals surface area contributed by atoms with E-state index in [-0.39, 0.29) is 11.8 Å². The molecule has 1 aromatic carbocycles. The summed E-state index contributed by atoms with van der Waals surface area (Å²) in [6, 6.07) is 7.44. The number of benzene rings is 1. The van der Waals surface area contributed by atoms with Gasteiger partial charge in [-0.05, 0) is 36.5 Å². The second kappa shape index (κ2) is 7.03. The molecule has 0 bridgehead atoms. The Morgan fingerprint density at radius 1 is 1.37 bits per heavy atom. The highest BCUT2D eigenvalue weighted by atomic mass is 79.9. The van der Waals surface area contributed by atoms with Crippen LogP contribution in [0.5, 0.6) is 0 Å². The fourth-order valence-electron chi connectivity index (χ4n) is 2.20. The minimum Gasteiger partial charge on any atom is -0.381 e. The molecular formula is C14H19BrN2O2. The van der Waals surface area contributed by atoms with Crippen LogP contribution in [0.15, 0.2) is 28.7 Å². The highest BCUT2D eigenvalue weighted by molar-refractivity contribution is 9.10. The van der Waals surface area contributed by atoms with Gasteiger partial charge in [0.1, 0.15) is 0 Å². The van der Waals surface area contributed by atoms with E-state index in [9.17, 15) is 4.79 Å². The Hall–Kier alpha value is -0.910. The first kappa shape index (κ1) is 14.5. The number of hydrogen-bond acceptors (Lipinski definition) is 3. The molecule has 0 spiro atoms. The Morgan fingerprint density at radius 3 is 2.63 bits per heavy atom. The first-order valence-electron chi connectivity index (χ1n) is 6.52. The summed E-state index contributed by atoms with van der Waals surface area (Å²) in [7, 11) is 0. The van der Waals surface area contributed by atoms with E-state index < -0.39 is 6.04 Å². The van der Waals surface area contributed by atoms with Gasteiger partial charge < -0.3 is 15.8 Å². The molecule has 2 rings (SSSR count). The van der Waals surface area contributed by atoms with Crippen molar-refractivity contribution in [1.29, 1.82) is 0 Å². The third-order valence-electron chi connectivity index (χ3n) is 3.46. The van der Waals surface area contributed by atoms with Gasteiger partial charge in [-0.1, -0.05) is 28.1 Å². The van der Waals surface area contributed by atoms with Gasteiger partial charge in [-0.3, -0.25) is 4.79 Å². The lowest BCUT2D eigenvalue weighted by Gasteiger charge is -2.26. The van der Waals surface area contributed by atoms with Gasteiger partial charge in [0.05, 0.1) is 6.04 Å². The average molecular weight is 327 g/mol. The molecule has 19 heavy (non-hydrogen) atoms. The van der Waals surface area contributed by atoms with E-state index in [0.717, 1.165) is 22.9 Å². The lowest BCUT2D eigenvalue weighted by molar-refractivity contribution is -0.124. The van der Waals surface area contributed by atoms with Gasteiger partial charge >= 0.3 is 0 Å². The van der Waals surface area contributed by atoms with E-state index in [0.29, 0.717) is 19.8 Å². The Kier molecular flexibility index (Phi) is 5.36. The summed E-state index contributed by atoms with van der Waals surface area (Å²) in [5.74, 6) is 0.161. The molecular weight excluding hydrogens is 308 g/mol. The van der Waals surface area contributed by atoms with Crippen LogP contribution in [0.25, 0.3) is 0 Å². The summed E-state index contributed by atoms with van der Waals surface area (Å²) in [6.45, 7) is 1.93. The standard InChI is InChI=1S/C14H19BrN2O2/c15-12-3-1-10(2-4-12)9-17-14(18)13(16)11-5-7-19-8-6-11/h1-4,11,13H,5-9,16H2,(H,17,18). The van der Waals surface area contributed by atoms with Gasteiger partial charge in [0.25, 0.3) is 0 Å². The van der Waals surface area contributed by atoms with Crippen molar-refractivity contribution in [2.24, 2.45) is 11.7 Å². The van der Waals surface area contributed by atoms with Crippen molar-refractivity contribution in [3.63, 3.8) is 0 Å². The van der Waals surface area contributed by atoms with Gasteiger partial charge in [0.15, 0.2) is 0 Å². The number of halogens is 1. The number of carbonyl (C=O) groups is 1.